The van der Waals surface area contributed by atoms with E-state index in [0.29, 0.717) is 0 Å². The molecule has 0 unspecified atom stereocenters. The minimum absolute atomic E-state index is 0.723. The number of hydrogen-bond donors (Lipinski definition) is 0. The highest BCUT2D eigenvalue weighted by Crippen LogP contribution is 2.27. The van der Waals surface area contributed by atoms with Crippen LogP contribution in [-0.4, -0.2) is 21.0 Å². The summed E-state index contributed by atoms with van der Waals surface area (Å²) in [6.07, 6.45) is 3.86. The first kappa shape index (κ1) is 18.2. The van der Waals surface area contributed by atoms with Crippen LogP contribution in [-0.2, 0) is 0 Å². The van der Waals surface area contributed by atoms with Gasteiger partial charge in [-0.15, -0.1) is 11.3 Å². The van der Waals surface area contributed by atoms with E-state index in [1.54, 1.807) is 0 Å². The highest BCUT2D eigenvalue weighted by molar-refractivity contribution is 7.13. The summed E-state index contributed by atoms with van der Waals surface area (Å²) in [6, 6.07) is 30.4. The number of thiazole rings is 1. The summed E-state index contributed by atoms with van der Waals surface area (Å²) >= 11 is 1.53. The lowest BCUT2D eigenvalue weighted by Crippen LogP contribution is -1.93. The van der Waals surface area contributed by atoms with Crippen LogP contribution in [0.3, 0.4) is 0 Å². The maximum Gasteiger partial charge on any atom is 0.209 e. The van der Waals surface area contributed by atoms with E-state index in [1.807, 2.05) is 89.2 Å². The molecule has 30 heavy (non-hydrogen) atoms. The molecule has 5 aromatic rings. The van der Waals surface area contributed by atoms with Gasteiger partial charge in [-0.1, -0.05) is 78.9 Å². The lowest BCUT2D eigenvalue weighted by atomic mass is 10.1. The minimum atomic E-state index is 0.723. The zero-order valence-electron chi connectivity index (χ0n) is 16.1. The molecule has 0 aliphatic carbocycles. The first-order valence-corrected chi connectivity index (χ1v) is 10.5. The number of benzene rings is 3. The van der Waals surface area contributed by atoms with Crippen molar-refractivity contribution in [2.45, 2.75) is 0 Å². The molecule has 3 aromatic carbocycles. The molecule has 0 saturated heterocycles. The van der Waals surface area contributed by atoms with Crippen molar-refractivity contribution in [1.29, 1.82) is 0 Å². The molecular weight excluding hydrogens is 388 g/mol. The molecule has 2 heterocycles. The molecular formula is C25H18N4S. The molecule has 0 aliphatic rings. The number of hydrogen-bond acceptors (Lipinski definition) is 4. The summed E-state index contributed by atoms with van der Waals surface area (Å²) in [4.78, 5) is 9.30. The van der Waals surface area contributed by atoms with Crippen molar-refractivity contribution < 1.29 is 0 Å². The van der Waals surface area contributed by atoms with Gasteiger partial charge in [0.1, 0.15) is 5.69 Å². The second-order valence-electron chi connectivity index (χ2n) is 6.72. The standard InChI is InChI=1S/C25H18N4S/c1-4-10-19(11-5-1)23-18-30-25(27-23)26-16-21-17-29(22-14-8-3-9-15-22)28-24(21)20-12-6-2-7-13-20/h1-18H/b26-16+. The smallest absolute Gasteiger partial charge is 0.209 e. The molecule has 144 valence electrons. The van der Waals surface area contributed by atoms with Gasteiger partial charge < -0.3 is 0 Å². The van der Waals surface area contributed by atoms with E-state index in [9.17, 15) is 0 Å². The summed E-state index contributed by atoms with van der Waals surface area (Å²) in [5.41, 5.74) is 5.94. The largest absolute Gasteiger partial charge is 0.240 e. The Morgan fingerprint density at radius 3 is 2.10 bits per heavy atom. The van der Waals surface area contributed by atoms with Crippen LogP contribution in [0.25, 0.3) is 28.2 Å². The molecule has 0 atom stereocenters. The Bertz CT molecular complexity index is 1270. The van der Waals surface area contributed by atoms with Crippen LogP contribution in [0.2, 0.25) is 0 Å². The fourth-order valence-corrected chi connectivity index (χ4v) is 3.88. The summed E-state index contributed by atoms with van der Waals surface area (Å²) in [5, 5.41) is 7.58. The van der Waals surface area contributed by atoms with Crippen LogP contribution in [0.1, 0.15) is 5.56 Å². The van der Waals surface area contributed by atoms with E-state index in [-0.39, 0.29) is 0 Å². The fourth-order valence-electron chi connectivity index (χ4n) is 3.20. The van der Waals surface area contributed by atoms with Crippen LogP contribution in [0.15, 0.2) is 108 Å². The van der Waals surface area contributed by atoms with E-state index in [1.165, 1.54) is 11.3 Å². The molecule has 2 aromatic heterocycles. The predicted molar refractivity (Wildman–Crippen MR) is 124 cm³/mol. The average molecular weight is 407 g/mol. The third-order valence-corrected chi connectivity index (χ3v) is 5.43. The van der Waals surface area contributed by atoms with Crippen molar-refractivity contribution in [2.75, 3.05) is 0 Å². The molecule has 0 amide bonds. The molecule has 0 aliphatic heterocycles. The van der Waals surface area contributed by atoms with Gasteiger partial charge in [0.25, 0.3) is 0 Å². The highest BCUT2D eigenvalue weighted by Gasteiger charge is 2.11. The first-order chi connectivity index (χ1) is 14.9. The fraction of sp³-hybridized carbons (Fsp3) is 0. The van der Waals surface area contributed by atoms with Crippen LogP contribution >= 0.6 is 11.3 Å². The topological polar surface area (TPSA) is 43.1 Å². The van der Waals surface area contributed by atoms with E-state index in [4.69, 9.17) is 5.10 Å². The Kier molecular flexibility index (Phi) is 5.02. The average Bonchev–Trinajstić information content (AvgIpc) is 3.47. The quantitative estimate of drug-likeness (QED) is 0.316. The summed E-state index contributed by atoms with van der Waals surface area (Å²) in [7, 11) is 0. The van der Waals surface area contributed by atoms with Crippen LogP contribution in [0.5, 0.6) is 0 Å². The SMILES string of the molecule is C(=N\c1nc(-c2ccccc2)cs1)/c1cn(-c2ccccc2)nc1-c1ccccc1. The van der Waals surface area contributed by atoms with Gasteiger partial charge in [-0.3, -0.25) is 0 Å². The molecule has 0 bridgehead atoms. The predicted octanol–water partition coefficient (Wildman–Crippen LogP) is 6.41. The van der Waals surface area contributed by atoms with Crippen molar-refractivity contribution in [1.82, 2.24) is 14.8 Å². The highest BCUT2D eigenvalue weighted by atomic mass is 32.1. The monoisotopic (exact) mass is 406 g/mol. The number of aromatic nitrogens is 3. The molecule has 0 spiro atoms. The maximum atomic E-state index is 4.82. The first-order valence-electron chi connectivity index (χ1n) is 9.62. The molecule has 0 saturated carbocycles. The van der Waals surface area contributed by atoms with E-state index < -0.39 is 0 Å². The minimum Gasteiger partial charge on any atom is -0.240 e. The lowest BCUT2D eigenvalue weighted by molar-refractivity contribution is 0.884. The number of para-hydroxylation sites is 1. The van der Waals surface area contributed by atoms with Gasteiger partial charge in [-0.05, 0) is 12.1 Å². The third-order valence-electron chi connectivity index (χ3n) is 4.69. The second-order valence-corrected chi connectivity index (χ2v) is 7.56. The molecule has 5 heteroatoms. The molecule has 4 nitrogen and oxygen atoms in total. The molecule has 0 N–H and O–H groups in total. The van der Waals surface area contributed by atoms with E-state index in [0.717, 1.165) is 38.9 Å². The Morgan fingerprint density at radius 2 is 1.40 bits per heavy atom. The Labute approximate surface area is 178 Å². The van der Waals surface area contributed by atoms with Gasteiger partial charge in [0.2, 0.25) is 5.13 Å². The van der Waals surface area contributed by atoms with Gasteiger partial charge >= 0.3 is 0 Å². The van der Waals surface area contributed by atoms with E-state index >= 15 is 0 Å². The molecule has 5 rings (SSSR count). The van der Waals surface area contributed by atoms with Crippen molar-refractivity contribution in [3.05, 3.63) is 108 Å². The lowest BCUT2D eigenvalue weighted by Gasteiger charge is -2.00. The third kappa shape index (κ3) is 3.83. The van der Waals surface area contributed by atoms with Crippen molar-refractivity contribution in [3.8, 4) is 28.2 Å². The second kappa shape index (κ2) is 8.27. The van der Waals surface area contributed by atoms with Crippen LogP contribution < -0.4 is 0 Å². The zero-order chi connectivity index (χ0) is 20.2. The van der Waals surface area contributed by atoms with Gasteiger partial charge in [0.15, 0.2) is 0 Å². The van der Waals surface area contributed by atoms with Crippen molar-refractivity contribution >= 4 is 22.7 Å². The summed E-state index contributed by atoms with van der Waals surface area (Å²) in [5.74, 6) is 0. The maximum absolute atomic E-state index is 4.82. The summed E-state index contributed by atoms with van der Waals surface area (Å²) < 4.78 is 1.89. The Hall–Kier alpha value is -3.83. The Morgan fingerprint density at radius 1 is 0.767 bits per heavy atom. The molecule has 0 radical (unpaired) electrons. The van der Waals surface area contributed by atoms with Gasteiger partial charge in [-0.2, -0.15) is 5.10 Å². The normalized spacial score (nSPS) is 11.2. The van der Waals surface area contributed by atoms with Gasteiger partial charge in [0, 0.05) is 34.5 Å². The van der Waals surface area contributed by atoms with E-state index in [2.05, 4.69) is 34.2 Å². The number of rotatable bonds is 5. The number of aliphatic imine (C=N–C) groups is 1. The Balaban J connectivity index is 1.50. The zero-order valence-corrected chi connectivity index (χ0v) is 16.9. The summed E-state index contributed by atoms with van der Waals surface area (Å²) in [6.45, 7) is 0. The van der Waals surface area contributed by atoms with Crippen molar-refractivity contribution in [2.24, 2.45) is 4.99 Å². The van der Waals surface area contributed by atoms with Gasteiger partial charge in [-0.25, -0.2) is 14.7 Å². The molecule has 0 fully saturated rings. The van der Waals surface area contributed by atoms with Gasteiger partial charge in [0.05, 0.1) is 11.4 Å². The van der Waals surface area contributed by atoms with Crippen LogP contribution in [0.4, 0.5) is 5.13 Å². The van der Waals surface area contributed by atoms with Crippen molar-refractivity contribution in [3.63, 3.8) is 0 Å². The van der Waals surface area contributed by atoms with Crippen LogP contribution in [0, 0.1) is 0 Å². The number of nitrogens with zero attached hydrogens (tertiary/aromatic N) is 4.